The van der Waals surface area contributed by atoms with Crippen molar-refractivity contribution >= 4 is 17.3 Å². The van der Waals surface area contributed by atoms with Gasteiger partial charge in [-0.3, -0.25) is 4.79 Å². The van der Waals surface area contributed by atoms with E-state index in [0.29, 0.717) is 11.7 Å². The average molecular weight is 309 g/mol. The summed E-state index contributed by atoms with van der Waals surface area (Å²) >= 11 is 0. The lowest BCUT2D eigenvalue weighted by molar-refractivity contribution is 0.0933. The van der Waals surface area contributed by atoms with E-state index in [1.165, 1.54) is 24.0 Å². The Morgan fingerprint density at radius 1 is 1.04 bits per heavy atom. The molecule has 2 N–H and O–H groups in total. The lowest BCUT2D eigenvalue weighted by Gasteiger charge is -2.12. The lowest BCUT2D eigenvalue weighted by atomic mass is 10.1. The zero-order chi connectivity index (χ0) is 16.2. The van der Waals surface area contributed by atoms with Crippen molar-refractivity contribution in [1.29, 1.82) is 0 Å². The summed E-state index contributed by atoms with van der Waals surface area (Å²) in [5.74, 6) is -0.0744. The first-order valence-electron chi connectivity index (χ1n) is 8.23. The molecule has 23 heavy (non-hydrogen) atoms. The number of amides is 1. The maximum absolute atomic E-state index is 12.2. The van der Waals surface area contributed by atoms with Gasteiger partial charge in [0.1, 0.15) is 5.69 Å². The summed E-state index contributed by atoms with van der Waals surface area (Å²) in [7, 11) is 0. The molecule has 1 saturated carbocycles. The van der Waals surface area contributed by atoms with E-state index in [9.17, 15) is 4.79 Å². The highest BCUT2D eigenvalue weighted by atomic mass is 16.1. The van der Waals surface area contributed by atoms with Crippen LogP contribution < -0.4 is 10.6 Å². The maximum Gasteiger partial charge on any atom is 0.270 e. The molecule has 1 amide bonds. The van der Waals surface area contributed by atoms with Crippen molar-refractivity contribution in [3.8, 4) is 0 Å². The van der Waals surface area contributed by atoms with Crippen molar-refractivity contribution in [3.05, 3.63) is 53.3 Å². The van der Waals surface area contributed by atoms with E-state index in [2.05, 4.69) is 41.6 Å². The average Bonchev–Trinajstić information content (AvgIpc) is 3.04. The minimum absolute atomic E-state index is 0.0744. The van der Waals surface area contributed by atoms with Crippen molar-refractivity contribution in [2.45, 2.75) is 45.6 Å². The molecule has 3 rings (SSSR count). The predicted octanol–water partition coefficient (Wildman–Crippen LogP) is 4.11. The largest absolute Gasteiger partial charge is 0.354 e. The normalized spacial score (nSPS) is 14.7. The first-order chi connectivity index (χ1) is 11.1. The molecule has 1 aliphatic carbocycles. The second kappa shape index (κ2) is 6.82. The maximum atomic E-state index is 12.2. The molecule has 0 bridgehead atoms. The fraction of sp³-hybridized carbons (Fsp3) is 0.368. The van der Waals surface area contributed by atoms with Crippen LogP contribution in [0.3, 0.4) is 0 Å². The summed E-state index contributed by atoms with van der Waals surface area (Å²) in [5.41, 5.74) is 4.90. The Labute approximate surface area is 137 Å². The third-order valence-electron chi connectivity index (χ3n) is 4.48. The molecule has 2 aromatic rings. The van der Waals surface area contributed by atoms with E-state index in [0.717, 1.165) is 24.2 Å². The number of benzene rings is 1. The zero-order valence-corrected chi connectivity index (χ0v) is 13.7. The number of carbonyl (C=O) groups excluding carboxylic acids is 1. The number of hydrogen-bond acceptors (Lipinski definition) is 3. The number of nitrogens with zero attached hydrogens (tertiary/aromatic N) is 1. The highest BCUT2D eigenvalue weighted by Crippen LogP contribution is 2.20. The summed E-state index contributed by atoms with van der Waals surface area (Å²) in [6.45, 7) is 4.19. The highest BCUT2D eigenvalue weighted by Gasteiger charge is 2.18. The number of anilines is 2. The molecule has 1 aromatic heterocycles. The first kappa shape index (κ1) is 15.5. The van der Waals surface area contributed by atoms with Gasteiger partial charge in [0.15, 0.2) is 0 Å². The standard InChI is InChI=1S/C19H23N3O/c1-13-7-8-16(11-14(13)2)21-17-9-10-18(20-12-17)19(23)22-15-5-3-4-6-15/h7-12,15,21H,3-6H2,1-2H3,(H,22,23). The second-order valence-corrected chi connectivity index (χ2v) is 6.31. The molecule has 1 fully saturated rings. The van der Waals surface area contributed by atoms with E-state index < -0.39 is 0 Å². The van der Waals surface area contributed by atoms with Gasteiger partial charge in [0.05, 0.1) is 11.9 Å². The molecule has 1 heterocycles. The molecule has 0 aliphatic heterocycles. The van der Waals surface area contributed by atoms with Gasteiger partial charge in [-0.25, -0.2) is 4.98 Å². The lowest BCUT2D eigenvalue weighted by Crippen LogP contribution is -2.33. The van der Waals surface area contributed by atoms with E-state index in [1.807, 2.05) is 12.1 Å². The quantitative estimate of drug-likeness (QED) is 0.893. The Morgan fingerprint density at radius 3 is 2.43 bits per heavy atom. The molecule has 0 unspecified atom stereocenters. The smallest absolute Gasteiger partial charge is 0.270 e. The number of aromatic nitrogens is 1. The van der Waals surface area contributed by atoms with E-state index in [1.54, 1.807) is 12.3 Å². The third kappa shape index (κ3) is 3.89. The Kier molecular flexibility index (Phi) is 4.60. The molecule has 1 aliphatic rings. The number of rotatable bonds is 4. The molecular weight excluding hydrogens is 286 g/mol. The first-order valence-corrected chi connectivity index (χ1v) is 8.23. The van der Waals surface area contributed by atoms with Gasteiger partial charge < -0.3 is 10.6 Å². The van der Waals surface area contributed by atoms with Gasteiger partial charge in [0, 0.05) is 11.7 Å². The molecule has 0 saturated heterocycles. The SMILES string of the molecule is Cc1ccc(Nc2ccc(C(=O)NC3CCCC3)nc2)cc1C. The van der Waals surface area contributed by atoms with Crippen LogP contribution >= 0.6 is 0 Å². The van der Waals surface area contributed by atoms with Crippen LogP contribution in [0.4, 0.5) is 11.4 Å². The van der Waals surface area contributed by atoms with Crippen molar-refractivity contribution in [1.82, 2.24) is 10.3 Å². The zero-order valence-electron chi connectivity index (χ0n) is 13.7. The van der Waals surface area contributed by atoms with Crippen LogP contribution in [0.25, 0.3) is 0 Å². The molecule has 0 atom stereocenters. The van der Waals surface area contributed by atoms with E-state index in [4.69, 9.17) is 0 Å². The summed E-state index contributed by atoms with van der Waals surface area (Å²) in [5, 5.41) is 6.37. The van der Waals surface area contributed by atoms with Crippen molar-refractivity contribution in [2.24, 2.45) is 0 Å². The van der Waals surface area contributed by atoms with Gasteiger partial charge in [-0.2, -0.15) is 0 Å². The van der Waals surface area contributed by atoms with Gasteiger partial charge in [0.25, 0.3) is 5.91 Å². The van der Waals surface area contributed by atoms with Crippen LogP contribution in [0.15, 0.2) is 36.5 Å². The predicted molar refractivity (Wildman–Crippen MR) is 93.2 cm³/mol. The van der Waals surface area contributed by atoms with Crippen LogP contribution in [0.2, 0.25) is 0 Å². The van der Waals surface area contributed by atoms with Crippen LogP contribution in [0.5, 0.6) is 0 Å². The molecule has 0 spiro atoms. The molecular formula is C19H23N3O. The summed E-state index contributed by atoms with van der Waals surface area (Å²) in [6.07, 6.45) is 6.28. The van der Waals surface area contributed by atoms with Crippen LogP contribution in [-0.2, 0) is 0 Å². The number of aryl methyl sites for hydroxylation is 2. The Balaban J connectivity index is 1.64. The monoisotopic (exact) mass is 309 g/mol. The van der Waals surface area contributed by atoms with Crippen molar-refractivity contribution in [3.63, 3.8) is 0 Å². The second-order valence-electron chi connectivity index (χ2n) is 6.31. The molecule has 4 nitrogen and oxygen atoms in total. The van der Waals surface area contributed by atoms with Crippen LogP contribution in [0, 0.1) is 13.8 Å². The minimum Gasteiger partial charge on any atom is -0.354 e. The van der Waals surface area contributed by atoms with Gasteiger partial charge >= 0.3 is 0 Å². The molecule has 0 radical (unpaired) electrons. The van der Waals surface area contributed by atoms with Gasteiger partial charge in [-0.15, -0.1) is 0 Å². The minimum atomic E-state index is -0.0744. The third-order valence-corrected chi connectivity index (χ3v) is 4.48. The van der Waals surface area contributed by atoms with Crippen LogP contribution in [-0.4, -0.2) is 16.9 Å². The number of nitrogens with one attached hydrogen (secondary N) is 2. The van der Waals surface area contributed by atoms with Crippen molar-refractivity contribution in [2.75, 3.05) is 5.32 Å². The number of carbonyl (C=O) groups is 1. The fourth-order valence-corrected chi connectivity index (χ4v) is 2.92. The number of hydrogen-bond donors (Lipinski definition) is 2. The fourth-order valence-electron chi connectivity index (χ4n) is 2.92. The van der Waals surface area contributed by atoms with E-state index >= 15 is 0 Å². The summed E-state index contributed by atoms with van der Waals surface area (Å²) in [4.78, 5) is 16.4. The molecule has 120 valence electrons. The van der Waals surface area contributed by atoms with Gasteiger partial charge in [-0.05, 0) is 62.1 Å². The number of pyridine rings is 1. The summed E-state index contributed by atoms with van der Waals surface area (Å²) < 4.78 is 0. The Morgan fingerprint density at radius 2 is 1.78 bits per heavy atom. The van der Waals surface area contributed by atoms with Gasteiger partial charge in [0.2, 0.25) is 0 Å². The van der Waals surface area contributed by atoms with Crippen LogP contribution in [0.1, 0.15) is 47.3 Å². The van der Waals surface area contributed by atoms with E-state index in [-0.39, 0.29) is 5.91 Å². The highest BCUT2D eigenvalue weighted by molar-refractivity contribution is 5.92. The Bertz CT molecular complexity index is 688. The molecule has 1 aromatic carbocycles. The topological polar surface area (TPSA) is 54.0 Å². The molecule has 4 heteroatoms. The van der Waals surface area contributed by atoms with Gasteiger partial charge in [-0.1, -0.05) is 18.9 Å². The summed E-state index contributed by atoms with van der Waals surface area (Å²) in [6, 6.07) is 10.2. The Hall–Kier alpha value is -2.36. The van der Waals surface area contributed by atoms with Crippen molar-refractivity contribution < 1.29 is 4.79 Å².